The number of nitrogens with zero attached hydrogens (tertiary/aromatic N) is 1. The van der Waals surface area contributed by atoms with E-state index in [0.717, 1.165) is 18.5 Å². The van der Waals surface area contributed by atoms with Gasteiger partial charge in [-0.25, -0.2) is 13.1 Å². The summed E-state index contributed by atoms with van der Waals surface area (Å²) in [5, 5.41) is 14.1. The molecule has 2 aromatic carbocycles. The van der Waals surface area contributed by atoms with Crippen molar-refractivity contribution in [3.63, 3.8) is 0 Å². The molecule has 0 amide bonds. The Hall–Kier alpha value is -2.29. The molecule has 1 heterocycles. The molecule has 25 heavy (non-hydrogen) atoms. The number of hydrogen-bond donors (Lipinski definition) is 2. The average molecular weight is 361 g/mol. The molecule has 1 unspecified atom stereocenters. The highest BCUT2D eigenvalue weighted by atomic mass is 32.2. The first kappa shape index (κ1) is 17.5. The van der Waals surface area contributed by atoms with Gasteiger partial charge in [-0.1, -0.05) is 24.3 Å². The van der Waals surface area contributed by atoms with Crippen LogP contribution in [0.25, 0.3) is 0 Å². The largest absolute Gasteiger partial charge is 0.308 e. The minimum absolute atomic E-state index is 0.0576. The smallest absolute Gasteiger partial charge is 0.269 e. The summed E-state index contributed by atoms with van der Waals surface area (Å²) >= 11 is 0. The van der Waals surface area contributed by atoms with Crippen molar-refractivity contribution < 1.29 is 13.3 Å². The molecule has 1 atom stereocenters. The maximum Gasteiger partial charge on any atom is 0.269 e. The van der Waals surface area contributed by atoms with Crippen LogP contribution in [0.2, 0.25) is 0 Å². The van der Waals surface area contributed by atoms with Gasteiger partial charge in [0.25, 0.3) is 5.69 Å². The molecule has 0 saturated heterocycles. The lowest BCUT2D eigenvalue weighted by molar-refractivity contribution is -0.385. The third kappa shape index (κ3) is 3.71. The van der Waals surface area contributed by atoms with E-state index in [1.54, 1.807) is 6.92 Å². The number of nitro groups is 1. The Kier molecular flexibility index (Phi) is 4.85. The number of sulfonamides is 1. The molecule has 0 radical (unpaired) electrons. The fourth-order valence-corrected chi connectivity index (χ4v) is 4.37. The van der Waals surface area contributed by atoms with Gasteiger partial charge in [-0.05, 0) is 42.6 Å². The number of benzene rings is 2. The van der Waals surface area contributed by atoms with E-state index in [9.17, 15) is 18.5 Å². The number of nitrogens with one attached hydrogen (secondary N) is 2. The van der Waals surface area contributed by atoms with Gasteiger partial charge in [0, 0.05) is 24.7 Å². The molecule has 1 aliphatic heterocycles. The number of non-ortho nitro benzene ring substituents is 1. The van der Waals surface area contributed by atoms with E-state index in [0.29, 0.717) is 5.56 Å². The molecule has 2 N–H and O–H groups in total. The molecule has 8 heteroatoms. The van der Waals surface area contributed by atoms with Crippen LogP contribution in [-0.2, 0) is 16.4 Å². The second-order valence-electron chi connectivity index (χ2n) is 6.01. The van der Waals surface area contributed by atoms with Crippen LogP contribution in [0.3, 0.4) is 0 Å². The van der Waals surface area contributed by atoms with Gasteiger partial charge in [-0.3, -0.25) is 10.1 Å². The van der Waals surface area contributed by atoms with Crippen LogP contribution in [0.15, 0.2) is 47.4 Å². The second kappa shape index (κ2) is 6.91. The predicted molar refractivity (Wildman–Crippen MR) is 93.9 cm³/mol. The SMILES string of the molecule is Cc1cc([N+](=O)[O-])ccc1S(=O)(=O)NCC1NCCc2ccccc21. The Morgan fingerprint density at radius 2 is 2.04 bits per heavy atom. The molecule has 0 spiro atoms. The van der Waals surface area contributed by atoms with Crippen molar-refractivity contribution in [3.8, 4) is 0 Å². The third-order valence-electron chi connectivity index (χ3n) is 4.35. The maximum atomic E-state index is 12.6. The molecule has 0 saturated carbocycles. The molecule has 0 aliphatic carbocycles. The van der Waals surface area contributed by atoms with Gasteiger partial charge in [0.15, 0.2) is 0 Å². The van der Waals surface area contributed by atoms with Gasteiger partial charge in [0.2, 0.25) is 10.0 Å². The van der Waals surface area contributed by atoms with Crippen LogP contribution in [-0.4, -0.2) is 26.4 Å². The summed E-state index contributed by atoms with van der Waals surface area (Å²) in [7, 11) is -3.75. The fraction of sp³-hybridized carbons (Fsp3) is 0.294. The number of nitro benzene ring substituents is 1. The van der Waals surface area contributed by atoms with Gasteiger partial charge in [-0.15, -0.1) is 0 Å². The highest BCUT2D eigenvalue weighted by Gasteiger charge is 2.23. The zero-order valence-corrected chi connectivity index (χ0v) is 14.5. The summed E-state index contributed by atoms with van der Waals surface area (Å²) in [5.41, 5.74) is 2.53. The first-order chi connectivity index (χ1) is 11.9. The van der Waals surface area contributed by atoms with Crippen molar-refractivity contribution in [2.45, 2.75) is 24.3 Å². The van der Waals surface area contributed by atoms with E-state index in [4.69, 9.17) is 0 Å². The van der Waals surface area contributed by atoms with Crippen molar-refractivity contribution in [2.75, 3.05) is 13.1 Å². The monoisotopic (exact) mass is 361 g/mol. The number of fused-ring (bicyclic) bond motifs is 1. The van der Waals surface area contributed by atoms with Crippen molar-refractivity contribution in [1.29, 1.82) is 0 Å². The molecule has 3 rings (SSSR count). The zero-order valence-electron chi connectivity index (χ0n) is 13.7. The average Bonchev–Trinajstić information content (AvgIpc) is 2.59. The number of rotatable bonds is 5. The standard InChI is InChI=1S/C17H19N3O4S/c1-12-10-14(20(21)22)6-7-17(12)25(23,24)19-11-16-15-5-3-2-4-13(15)8-9-18-16/h2-7,10,16,18-19H,8-9,11H2,1H3. The minimum Gasteiger partial charge on any atom is -0.308 e. The number of aryl methyl sites for hydroxylation is 1. The molecule has 1 aliphatic rings. The second-order valence-corrected chi connectivity index (χ2v) is 7.75. The van der Waals surface area contributed by atoms with Crippen molar-refractivity contribution in [1.82, 2.24) is 10.0 Å². The van der Waals surface area contributed by atoms with Crippen LogP contribution in [0, 0.1) is 17.0 Å². The van der Waals surface area contributed by atoms with Crippen LogP contribution >= 0.6 is 0 Å². The Balaban J connectivity index is 1.78. The van der Waals surface area contributed by atoms with E-state index in [1.165, 1.54) is 23.8 Å². The Morgan fingerprint density at radius 1 is 1.28 bits per heavy atom. The summed E-state index contributed by atoms with van der Waals surface area (Å²) < 4.78 is 27.8. The van der Waals surface area contributed by atoms with Crippen molar-refractivity contribution in [3.05, 3.63) is 69.3 Å². The summed E-state index contributed by atoms with van der Waals surface area (Å²) in [6, 6.07) is 11.6. The molecule has 2 aromatic rings. The van der Waals surface area contributed by atoms with E-state index >= 15 is 0 Å². The fourth-order valence-electron chi connectivity index (χ4n) is 3.09. The Bertz CT molecular complexity index is 912. The molecule has 0 aromatic heterocycles. The lowest BCUT2D eigenvalue weighted by atomic mass is 9.95. The molecule has 0 fully saturated rings. The molecule has 0 bridgehead atoms. The van der Waals surface area contributed by atoms with Crippen LogP contribution < -0.4 is 10.0 Å². The Labute approximate surface area is 146 Å². The highest BCUT2D eigenvalue weighted by Crippen LogP contribution is 2.24. The molecular weight excluding hydrogens is 342 g/mol. The van der Waals surface area contributed by atoms with Gasteiger partial charge in [-0.2, -0.15) is 0 Å². The first-order valence-electron chi connectivity index (χ1n) is 7.94. The zero-order chi connectivity index (χ0) is 18.0. The quantitative estimate of drug-likeness (QED) is 0.627. The lowest BCUT2D eigenvalue weighted by Gasteiger charge is -2.27. The first-order valence-corrected chi connectivity index (χ1v) is 9.43. The van der Waals surface area contributed by atoms with Gasteiger partial charge >= 0.3 is 0 Å². The maximum absolute atomic E-state index is 12.6. The molecule has 7 nitrogen and oxygen atoms in total. The summed E-state index contributed by atoms with van der Waals surface area (Å²) in [5.74, 6) is 0. The van der Waals surface area contributed by atoms with Crippen LogP contribution in [0.1, 0.15) is 22.7 Å². The summed E-state index contributed by atoms with van der Waals surface area (Å²) in [4.78, 5) is 10.3. The van der Waals surface area contributed by atoms with E-state index < -0.39 is 14.9 Å². The van der Waals surface area contributed by atoms with Gasteiger partial charge < -0.3 is 5.32 Å². The third-order valence-corrected chi connectivity index (χ3v) is 5.94. The van der Waals surface area contributed by atoms with Crippen molar-refractivity contribution in [2.24, 2.45) is 0 Å². The van der Waals surface area contributed by atoms with Gasteiger partial charge in [0.1, 0.15) is 0 Å². The van der Waals surface area contributed by atoms with Gasteiger partial charge in [0.05, 0.1) is 9.82 Å². The minimum atomic E-state index is -3.75. The Morgan fingerprint density at radius 3 is 2.76 bits per heavy atom. The lowest BCUT2D eigenvalue weighted by Crippen LogP contribution is -2.38. The van der Waals surface area contributed by atoms with E-state index in [-0.39, 0.29) is 23.2 Å². The summed E-state index contributed by atoms with van der Waals surface area (Å²) in [6.07, 6.45) is 0.918. The topological polar surface area (TPSA) is 101 Å². The molecular formula is C17H19N3O4S. The van der Waals surface area contributed by atoms with Crippen LogP contribution in [0.5, 0.6) is 0 Å². The highest BCUT2D eigenvalue weighted by molar-refractivity contribution is 7.89. The molecule has 132 valence electrons. The summed E-state index contributed by atoms with van der Waals surface area (Å²) in [6.45, 7) is 2.56. The van der Waals surface area contributed by atoms with E-state index in [2.05, 4.69) is 16.1 Å². The predicted octanol–water partition coefficient (Wildman–Crippen LogP) is 2.07. The van der Waals surface area contributed by atoms with E-state index in [1.807, 2.05) is 18.2 Å². The normalized spacial score (nSPS) is 17.1. The number of hydrogen-bond acceptors (Lipinski definition) is 5. The van der Waals surface area contributed by atoms with Crippen LogP contribution in [0.4, 0.5) is 5.69 Å². The van der Waals surface area contributed by atoms with Crippen molar-refractivity contribution >= 4 is 15.7 Å².